The normalized spacial score (nSPS) is 17.6. The van der Waals surface area contributed by atoms with Crippen LogP contribution in [0.5, 0.6) is 0 Å². The molecule has 1 aliphatic rings. The van der Waals surface area contributed by atoms with E-state index < -0.39 is 0 Å². The lowest BCUT2D eigenvalue weighted by Gasteiger charge is -2.27. The fourth-order valence-corrected chi connectivity index (χ4v) is 4.51. The van der Waals surface area contributed by atoms with E-state index in [1.54, 1.807) is 0 Å². The second kappa shape index (κ2) is 6.34. The average Bonchev–Trinajstić information content (AvgIpc) is 2.42. The molecule has 1 atom stereocenters. The molecule has 2 aromatic carbocycles. The maximum Gasteiger partial charge on any atom is 0.0648 e. The number of thioether (sulfide) groups is 1. The van der Waals surface area contributed by atoms with E-state index in [1.165, 1.54) is 10.5 Å². The van der Waals surface area contributed by atoms with Gasteiger partial charge in [-0.2, -0.15) is 0 Å². The van der Waals surface area contributed by atoms with Gasteiger partial charge in [-0.1, -0.05) is 23.2 Å². The summed E-state index contributed by atoms with van der Waals surface area (Å²) >= 11 is 16.6. The number of anilines is 1. The first kappa shape index (κ1) is 14.8. The number of hydrogen-bond acceptors (Lipinski definition) is 2. The number of benzene rings is 2. The molecule has 5 heteroatoms. The van der Waals surface area contributed by atoms with E-state index in [1.807, 2.05) is 30.0 Å². The Morgan fingerprint density at radius 1 is 1.15 bits per heavy atom. The van der Waals surface area contributed by atoms with Gasteiger partial charge in [0.05, 0.1) is 16.8 Å². The summed E-state index contributed by atoms with van der Waals surface area (Å²) in [5.74, 6) is 1.11. The first-order valence-electron chi connectivity index (χ1n) is 6.27. The zero-order valence-electron chi connectivity index (χ0n) is 10.5. The van der Waals surface area contributed by atoms with Crippen molar-refractivity contribution in [3.8, 4) is 0 Å². The predicted octanol–water partition coefficient (Wildman–Crippen LogP) is 6.25. The highest BCUT2D eigenvalue weighted by Gasteiger charge is 2.21. The quantitative estimate of drug-likeness (QED) is 0.559. The molecule has 1 aliphatic heterocycles. The lowest BCUT2D eigenvalue weighted by molar-refractivity contribution is 0.729. The van der Waals surface area contributed by atoms with E-state index >= 15 is 0 Å². The van der Waals surface area contributed by atoms with Crippen molar-refractivity contribution in [2.75, 3.05) is 11.1 Å². The second-order valence-corrected chi connectivity index (χ2v) is 7.87. The molecule has 0 saturated carbocycles. The van der Waals surface area contributed by atoms with Crippen molar-refractivity contribution in [2.24, 2.45) is 0 Å². The van der Waals surface area contributed by atoms with Crippen LogP contribution in [0.15, 0.2) is 41.3 Å². The molecule has 1 nitrogen and oxygen atoms in total. The van der Waals surface area contributed by atoms with E-state index in [9.17, 15) is 0 Å². The first-order valence-corrected chi connectivity index (χ1v) is 9.09. The van der Waals surface area contributed by atoms with Gasteiger partial charge >= 0.3 is 0 Å². The number of fused-ring (bicyclic) bond motifs is 1. The Balaban J connectivity index is 1.91. The van der Waals surface area contributed by atoms with Crippen molar-refractivity contribution in [3.05, 3.63) is 55.6 Å². The van der Waals surface area contributed by atoms with Crippen molar-refractivity contribution in [2.45, 2.75) is 17.4 Å². The summed E-state index contributed by atoms with van der Waals surface area (Å²) in [6.07, 6.45) is 1.07. The SMILES string of the molecule is Clc1ccc2c(c1)C(Nc1ccc(I)cc1Cl)CCS2. The van der Waals surface area contributed by atoms with Crippen molar-refractivity contribution in [1.29, 1.82) is 0 Å². The zero-order valence-corrected chi connectivity index (χ0v) is 15.0. The molecule has 1 unspecified atom stereocenters. The molecule has 0 fully saturated rings. The van der Waals surface area contributed by atoms with Crippen molar-refractivity contribution >= 4 is 63.2 Å². The Hall–Kier alpha value is -0.100. The topological polar surface area (TPSA) is 12.0 Å². The minimum Gasteiger partial charge on any atom is -0.377 e. The third-order valence-corrected chi connectivity index (χ3v) is 5.61. The molecule has 0 radical (unpaired) electrons. The maximum absolute atomic E-state index is 6.31. The van der Waals surface area contributed by atoms with E-state index in [-0.39, 0.29) is 6.04 Å². The Labute approximate surface area is 146 Å². The molecule has 0 aliphatic carbocycles. The number of nitrogens with one attached hydrogen (secondary N) is 1. The van der Waals surface area contributed by atoms with E-state index in [4.69, 9.17) is 23.2 Å². The molecule has 3 rings (SSSR count). The van der Waals surface area contributed by atoms with Crippen LogP contribution < -0.4 is 5.32 Å². The maximum atomic E-state index is 6.31. The summed E-state index contributed by atoms with van der Waals surface area (Å²) in [5, 5.41) is 5.10. The summed E-state index contributed by atoms with van der Waals surface area (Å²) in [7, 11) is 0. The van der Waals surface area contributed by atoms with Gasteiger partial charge in [-0.25, -0.2) is 0 Å². The van der Waals surface area contributed by atoms with Gasteiger partial charge in [0.2, 0.25) is 0 Å². The third kappa shape index (κ3) is 3.21. The first-order chi connectivity index (χ1) is 9.63. The van der Waals surface area contributed by atoms with Crippen molar-refractivity contribution in [3.63, 3.8) is 0 Å². The minimum atomic E-state index is 0.266. The zero-order chi connectivity index (χ0) is 14.1. The van der Waals surface area contributed by atoms with E-state index in [0.29, 0.717) is 0 Å². The highest BCUT2D eigenvalue weighted by Crippen LogP contribution is 2.40. The third-order valence-electron chi connectivity index (χ3n) is 3.27. The van der Waals surface area contributed by atoms with Gasteiger partial charge in [-0.3, -0.25) is 0 Å². The van der Waals surface area contributed by atoms with Crippen LogP contribution in [-0.4, -0.2) is 5.75 Å². The van der Waals surface area contributed by atoms with E-state index in [0.717, 1.165) is 31.5 Å². The molecule has 104 valence electrons. The summed E-state index contributed by atoms with van der Waals surface area (Å²) in [4.78, 5) is 1.31. The molecular formula is C15H12Cl2INS. The lowest BCUT2D eigenvalue weighted by Crippen LogP contribution is -2.16. The van der Waals surface area contributed by atoms with Gasteiger partial charge in [-0.15, -0.1) is 11.8 Å². The smallest absolute Gasteiger partial charge is 0.0648 e. The molecular weight excluding hydrogens is 424 g/mol. The number of rotatable bonds is 2. The number of halogens is 3. The molecule has 20 heavy (non-hydrogen) atoms. The van der Waals surface area contributed by atoms with Crippen LogP contribution in [0.4, 0.5) is 5.69 Å². The van der Waals surface area contributed by atoms with Crippen LogP contribution in [0.1, 0.15) is 18.0 Å². The largest absolute Gasteiger partial charge is 0.377 e. The Morgan fingerprint density at radius 2 is 2.00 bits per heavy atom. The van der Waals surface area contributed by atoms with Gasteiger partial charge in [0.25, 0.3) is 0 Å². The van der Waals surface area contributed by atoms with Crippen LogP contribution in [0.3, 0.4) is 0 Å². The van der Waals surface area contributed by atoms with Crippen LogP contribution in [0, 0.1) is 3.57 Å². The molecule has 0 spiro atoms. The molecule has 2 aromatic rings. The monoisotopic (exact) mass is 435 g/mol. The summed E-state index contributed by atoms with van der Waals surface area (Å²) < 4.78 is 1.14. The van der Waals surface area contributed by atoms with E-state index in [2.05, 4.69) is 46.1 Å². The van der Waals surface area contributed by atoms with Crippen molar-refractivity contribution < 1.29 is 0 Å². The van der Waals surface area contributed by atoms with Gasteiger partial charge < -0.3 is 5.32 Å². The molecule has 0 saturated heterocycles. The predicted molar refractivity (Wildman–Crippen MR) is 97.3 cm³/mol. The Kier molecular flexibility index (Phi) is 4.70. The van der Waals surface area contributed by atoms with Gasteiger partial charge in [0.15, 0.2) is 0 Å². The standard InChI is InChI=1S/C15H12Cl2INS/c16-9-1-4-15-11(7-9)13(5-6-20-15)19-14-3-2-10(18)8-12(14)17/h1-4,7-8,13,19H,5-6H2. The molecule has 0 amide bonds. The molecule has 0 bridgehead atoms. The second-order valence-electron chi connectivity index (χ2n) is 4.64. The summed E-state index contributed by atoms with van der Waals surface area (Å²) in [6, 6.07) is 12.4. The summed E-state index contributed by atoms with van der Waals surface area (Å²) in [5.41, 5.74) is 2.25. The van der Waals surface area contributed by atoms with Crippen LogP contribution in [-0.2, 0) is 0 Å². The van der Waals surface area contributed by atoms with Crippen LogP contribution in [0.25, 0.3) is 0 Å². The average molecular weight is 436 g/mol. The Bertz CT molecular complexity index is 648. The fraction of sp³-hybridized carbons (Fsp3) is 0.200. The minimum absolute atomic E-state index is 0.266. The Morgan fingerprint density at radius 3 is 2.80 bits per heavy atom. The lowest BCUT2D eigenvalue weighted by atomic mass is 10.0. The fourth-order valence-electron chi connectivity index (χ4n) is 2.31. The molecule has 0 aromatic heterocycles. The van der Waals surface area contributed by atoms with Gasteiger partial charge in [-0.05, 0) is 71.0 Å². The highest BCUT2D eigenvalue weighted by molar-refractivity contribution is 14.1. The molecule has 1 heterocycles. The highest BCUT2D eigenvalue weighted by atomic mass is 127. The van der Waals surface area contributed by atoms with Gasteiger partial charge in [0, 0.05) is 19.2 Å². The van der Waals surface area contributed by atoms with Crippen LogP contribution >= 0.6 is 57.6 Å². The number of hydrogen-bond donors (Lipinski definition) is 1. The summed E-state index contributed by atoms with van der Waals surface area (Å²) in [6.45, 7) is 0. The van der Waals surface area contributed by atoms with Gasteiger partial charge in [0.1, 0.15) is 0 Å². The van der Waals surface area contributed by atoms with Crippen LogP contribution in [0.2, 0.25) is 10.0 Å². The van der Waals surface area contributed by atoms with Crippen molar-refractivity contribution in [1.82, 2.24) is 0 Å². The molecule has 1 N–H and O–H groups in total.